The molecule has 1 atom stereocenters. The zero-order valence-electron chi connectivity index (χ0n) is 12.1. The van der Waals surface area contributed by atoms with Gasteiger partial charge < -0.3 is 11.1 Å². The highest BCUT2D eigenvalue weighted by Crippen LogP contribution is 2.21. The maximum Gasteiger partial charge on any atom is 0.251 e. The third kappa shape index (κ3) is 3.05. The van der Waals surface area contributed by atoms with Crippen LogP contribution in [0.25, 0.3) is 0 Å². The SMILES string of the molecule is Cc1cc(C(=O)NC2CCc3ccccc3C2)cc(N)n1. The summed E-state index contributed by atoms with van der Waals surface area (Å²) in [5, 5.41) is 3.11. The number of nitrogen functional groups attached to an aromatic ring is 1. The second-order valence-electron chi connectivity index (χ2n) is 5.60. The van der Waals surface area contributed by atoms with Crippen molar-refractivity contribution in [2.24, 2.45) is 0 Å². The quantitative estimate of drug-likeness (QED) is 0.887. The van der Waals surface area contributed by atoms with Gasteiger partial charge in [0.2, 0.25) is 0 Å². The molecular weight excluding hydrogens is 262 g/mol. The standard InChI is InChI=1S/C17H19N3O/c1-11-8-14(10-16(18)19-11)17(21)20-15-7-6-12-4-2-3-5-13(12)9-15/h2-5,8,10,15H,6-7,9H2,1H3,(H2,18,19)(H,20,21). The third-order valence-electron chi connectivity index (χ3n) is 3.92. The van der Waals surface area contributed by atoms with Crippen molar-refractivity contribution in [3.63, 3.8) is 0 Å². The number of nitrogens with two attached hydrogens (primary N) is 1. The van der Waals surface area contributed by atoms with Crippen LogP contribution < -0.4 is 11.1 Å². The predicted octanol–water partition coefficient (Wildman–Crippen LogP) is 2.26. The molecule has 1 aliphatic rings. The van der Waals surface area contributed by atoms with Gasteiger partial charge in [0.05, 0.1) is 0 Å². The van der Waals surface area contributed by atoms with E-state index in [1.54, 1.807) is 12.1 Å². The zero-order chi connectivity index (χ0) is 14.8. The second-order valence-corrected chi connectivity index (χ2v) is 5.60. The maximum atomic E-state index is 12.3. The molecule has 3 N–H and O–H groups in total. The van der Waals surface area contributed by atoms with Crippen molar-refractivity contribution in [1.82, 2.24) is 10.3 Å². The number of rotatable bonds is 2. The van der Waals surface area contributed by atoms with E-state index in [1.807, 2.05) is 6.92 Å². The fourth-order valence-corrected chi connectivity index (χ4v) is 2.92. The highest BCUT2D eigenvalue weighted by Gasteiger charge is 2.20. The first-order valence-electron chi connectivity index (χ1n) is 7.23. The number of carbonyl (C=O) groups excluding carboxylic acids is 1. The van der Waals surface area contributed by atoms with Crippen LogP contribution in [-0.2, 0) is 12.8 Å². The van der Waals surface area contributed by atoms with Gasteiger partial charge in [0.15, 0.2) is 0 Å². The average Bonchev–Trinajstić information content (AvgIpc) is 2.46. The molecule has 1 aromatic heterocycles. The van der Waals surface area contributed by atoms with Crippen molar-refractivity contribution in [2.45, 2.75) is 32.2 Å². The van der Waals surface area contributed by atoms with Crippen molar-refractivity contribution >= 4 is 11.7 Å². The number of amides is 1. The predicted molar refractivity (Wildman–Crippen MR) is 83.1 cm³/mol. The topological polar surface area (TPSA) is 68.0 Å². The highest BCUT2D eigenvalue weighted by atomic mass is 16.1. The molecule has 0 spiro atoms. The van der Waals surface area contributed by atoms with Crippen molar-refractivity contribution in [3.05, 3.63) is 58.8 Å². The molecule has 4 heteroatoms. The number of fused-ring (bicyclic) bond motifs is 1. The Morgan fingerprint density at radius 1 is 1.29 bits per heavy atom. The van der Waals surface area contributed by atoms with Crippen molar-refractivity contribution in [1.29, 1.82) is 0 Å². The Kier molecular flexibility index (Phi) is 3.60. The molecule has 1 aromatic carbocycles. The van der Waals surface area contributed by atoms with E-state index in [9.17, 15) is 4.79 Å². The average molecular weight is 281 g/mol. The summed E-state index contributed by atoms with van der Waals surface area (Å²) in [6, 6.07) is 12.0. The van der Waals surface area contributed by atoms with Gasteiger partial charge in [0.1, 0.15) is 5.82 Å². The van der Waals surface area contributed by atoms with Crippen molar-refractivity contribution < 1.29 is 4.79 Å². The molecule has 1 heterocycles. The summed E-state index contributed by atoms with van der Waals surface area (Å²) in [7, 11) is 0. The molecule has 0 saturated carbocycles. The van der Waals surface area contributed by atoms with Gasteiger partial charge in [0, 0.05) is 17.3 Å². The van der Waals surface area contributed by atoms with Crippen LogP contribution in [0.15, 0.2) is 36.4 Å². The Balaban J connectivity index is 1.71. The van der Waals surface area contributed by atoms with E-state index in [1.165, 1.54) is 11.1 Å². The van der Waals surface area contributed by atoms with Crippen LogP contribution in [0.1, 0.15) is 33.6 Å². The molecule has 0 bridgehead atoms. The minimum atomic E-state index is -0.0726. The van der Waals surface area contributed by atoms with Crippen LogP contribution in [0, 0.1) is 6.92 Å². The Bertz CT molecular complexity index is 661. The smallest absolute Gasteiger partial charge is 0.251 e. The van der Waals surface area contributed by atoms with E-state index in [2.05, 4.69) is 34.6 Å². The number of hydrogen-bond acceptors (Lipinski definition) is 3. The number of anilines is 1. The summed E-state index contributed by atoms with van der Waals surface area (Å²) in [5.41, 5.74) is 9.77. The summed E-state index contributed by atoms with van der Waals surface area (Å²) in [5.74, 6) is 0.311. The lowest BCUT2D eigenvalue weighted by Crippen LogP contribution is -2.38. The lowest BCUT2D eigenvalue weighted by Gasteiger charge is -2.25. The van der Waals surface area contributed by atoms with E-state index >= 15 is 0 Å². The molecule has 1 amide bonds. The summed E-state index contributed by atoms with van der Waals surface area (Å²) in [4.78, 5) is 16.4. The van der Waals surface area contributed by atoms with Gasteiger partial charge >= 0.3 is 0 Å². The molecular formula is C17H19N3O. The first-order chi connectivity index (χ1) is 10.1. The molecule has 0 aliphatic heterocycles. The van der Waals surface area contributed by atoms with E-state index in [0.717, 1.165) is 25.0 Å². The molecule has 21 heavy (non-hydrogen) atoms. The van der Waals surface area contributed by atoms with E-state index in [-0.39, 0.29) is 11.9 Å². The number of aryl methyl sites for hydroxylation is 2. The summed E-state index contributed by atoms with van der Waals surface area (Å²) in [6.45, 7) is 1.84. The van der Waals surface area contributed by atoms with Crippen LogP contribution in [0.3, 0.4) is 0 Å². The van der Waals surface area contributed by atoms with Crippen LogP contribution >= 0.6 is 0 Å². The van der Waals surface area contributed by atoms with Gasteiger partial charge in [-0.2, -0.15) is 0 Å². The van der Waals surface area contributed by atoms with Gasteiger partial charge in [-0.15, -0.1) is 0 Å². The van der Waals surface area contributed by atoms with Gasteiger partial charge in [-0.1, -0.05) is 24.3 Å². The highest BCUT2D eigenvalue weighted by molar-refractivity contribution is 5.95. The second kappa shape index (κ2) is 5.56. The van der Waals surface area contributed by atoms with Gasteiger partial charge in [-0.3, -0.25) is 4.79 Å². The summed E-state index contributed by atoms with van der Waals surface area (Å²) in [6.07, 6.45) is 2.88. The monoisotopic (exact) mass is 281 g/mol. The number of benzene rings is 1. The number of carbonyl (C=O) groups is 1. The van der Waals surface area contributed by atoms with Crippen LogP contribution in [0.2, 0.25) is 0 Å². The summed E-state index contributed by atoms with van der Waals surface area (Å²) >= 11 is 0. The molecule has 3 rings (SSSR count). The summed E-state index contributed by atoms with van der Waals surface area (Å²) < 4.78 is 0. The van der Waals surface area contributed by atoms with Crippen LogP contribution in [0.5, 0.6) is 0 Å². The molecule has 0 radical (unpaired) electrons. The first kappa shape index (κ1) is 13.6. The fraction of sp³-hybridized carbons (Fsp3) is 0.294. The minimum absolute atomic E-state index is 0.0726. The molecule has 2 aromatic rings. The van der Waals surface area contributed by atoms with Gasteiger partial charge in [-0.05, 0) is 49.4 Å². The molecule has 4 nitrogen and oxygen atoms in total. The lowest BCUT2D eigenvalue weighted by atomic mass is 9.88. The van der Waals surface area contributed by atoms with Crippen molar-refractivity contribution in [3.8, 4) is 0 Å². The zero-order valence-corrected chi connectivity index (χ0v) is 12.1. The normalized spacial score (nSPS) is 17.1. The third-order valence-corrected chi connectivity index (χ3v) is 3.92. The Labute approximate surface area is 124 Å². The van der Waals surface area contributed by atoms with Crippen LogP contribution in [0.4, 0.5) is 5.82 Å². The van der Waals surface area contributed by atoms with Gasteiger partial charge in [0.25, 0.3) is 5.91 Å². The largest absolute Gasteiger partial charge is 0.384 e. The Morgan fingerprint density at radius 2 is 2.05 bits per heavy atom. The Morgan fingerprint density at radius 3 is 2.81 bits per heavy atom. The lowest BCUT2D eigenvalue weighted by molar-refractivity contribution is 0.0933. The number of aromatic nitrogens is 1. The number of nitrogens with zero attached hydrogens (tertiary/aromatic N) is 1. The van der Waals surface area contributed by atoms with Gasteiger partial charge in [-0.25, -0.2) is 4.98 Å². The molecule has 0 saturated heterocycles. The molecule has 1 unspecified atom stereocenters. The number of hydrogen-bond donors (Lipinski definition) is 2. The minimum Gasteiger partial charge on any atom is -0.384 e. The number of pyridine rings is 1. The maximum absolute atomic E-state index is 12.3. The number of nitrogens with one attached hydrogen (secondary N) is 1. The van der Waals surface area contributed by atoms with E-state index < -0.39 is 0 Å². The molecule has 1 aliphatic carbocycles. The molecule has 108 valence electrons. The van der Waals surface area contributed by atoms with Crippen LogP contribution in [-0.4, -0.2) is 16.9 Å². The molecule has 0 fully saturated rings. The van der Waals surface area contributed by atoms with Crippen molar-refractivity contribution in [2.75, 3.05) is 5.73 Å². The van der Waals surface area contributed by atoms with E-state index in [0.29, 0.717) is 11.4 Å². The first-order valence-corrected chi connectivity index (χ1v) is 7.23. The van der Waals surface area contributed by atoms with E-state index in [4.69, 9.17) is 5.73 Å². The fourth-order valence-electron chi connectivity index (χ4n) is 2.92. The Hall–Kier alpha value is -2.36.